The number of hydrogen-bond donors (Lipinski definition) is 0. The lowest BCUT2D eigenvalue weighted by molar-refractivity contribution is -0.132. The van der Waals surface area contributed by atoms with E-state index < -0.39 is 0 Å². The highest BCUT2D eigenvalue weighted by molar-refractivity contribution is 5.79. The van der Waals surface area contributed by atoms with Gasteiger partial charge in [-0.15, -0.1) is 0 Å². The Bertz CT molecular complexity index is 778. The third-order valence-electron chi connectivity index (χ3n) is 6.31. The van der Waals surface area contributed by atoms with Gasteiger partial charge >= 0.3 is 0 Å². The van der Waals surface area contributed by atoms with E-state index in [4.69, 9.17) is 4.74 Å². The van der Waals surface area contributed by atoms with Crippen LogP contribution in [-0.4, -0.2) is 47.9 Å². The van der Waals surface area contributed by atoms with Crippen LogP contribution in [0.5, 0.6) is 5.75 Å². The summed E-state index contributed by atoms with van der Waals surface area (Å²) < 4.78 is 6.03. The third kappa shape index (κ3) is 5.39. The molecule has 4 nitrogen and oxygen atoms in total. The topological polar surface area (TPSA) is 32.8 Å². The summed E-state index contributed by atoms with van der Waals surface area (Å²) in [5.41, 5.74) is 2.11. The van der Waals surface area contributed by atoms with Crippen molar-refractivity contribution in [2.45, 2.75) is 51.2 Å². The largest absolute Gasteiger partial charge is 0.489 e. The van der Waals surface area contributed by atoms with Crippen molar-refractivity contribution in [3.63, 3.8) is 0 Å². The van der Waals surface area contributed by atoms with Crippen LogP contribution >= 0.6 is 0 Å². The predicted molar refractivity (Wildman–Crippen MR) is 116 cm³/mol. The summed E-state index contributed by atoms with van der Waals surface area (Å²) in [6, 6.07) is 18.8. The minimum absolute atomic E-state index is 0.212. The second-order valence-corrected chi connectivity index (χ2v) is 8.27. The van der Waals surface area contributed by atoms with Gasteiger partial charge in [-0.3, -0.25) is 9.69 Å². The molecule has 4 heteroatoms. The van der Waals surface area contributed by atoms with E-state index in [1.807, 2.05) is 47.4 Å². The van der Waals surface area contributed by atoms with E-state index >= 15 is 0 Å². The quantitative estimate of drug-likeness (QED) is 0.735. The van der Waals surface area contributed by atoms with Gasteiger partial charge in [-0.25, -0.2) is 0 Å². The highest BCUT2D eigenvalue weighted by atomic mass is 16.5. The molecule has 0 spiro atoms. The highest BCUT2D eigenvalue weighted by Crippen LogP contribution is 2.24. The Labute approximate surface area is 174 Å². The maximum atomic E-state index is 12.9. The number of para-hydroxylation sites is 1. The molecule has 1 saturated carbocycles. The SMILES string of the molecule is O=C(Cc1ccccc1OCc1ccccc1)N1CCN(C2CCCCC2)CC1. The molecule has 2 fully saturated rings. The fourth-order valence-electron chi connectivity index (χ4n) is 4.58. The Morgan fingerprint density at radius 1 is 0.862 bits per heavy atom. The average molecular weight is 393 g/mol. The molecule has 0 atom stereocenters. The summed E-state index contributed by atoms with van der Waals surface area (Å²) in [5, 5.41) is 0. The molecule has 0 bridgehead atoms. The normalized spacial score (nSPS) is 18.6. The van der Waals surface area contributed by atoms with E-state index in [2.05, 4.69) is 17.0 Å². The van der Waals surface area contributed by atoms with Gasteiger partial charge in [0.2, 0.25) is 5.91 Å². The van der Waals surface area contributed by atoms with Crippen LogP contribution < -0.4 is 4.74 Å². The molecule has 0 aromatic heterocycles. The average Bonchev–Trinajstić information content (AvgIpc) is 2.80. The minimum Gasteiger partial charge on any atom is -0.489 e. The standard InChI is InChI=1S/C25H32N2O2/c28-25(27-17-15-26(16-18-27)23-12-5-2-6-13-23)19-22-11-7-8-14-24(22)29-20-21-9-3-1-4-10-21/h1,3-4,7-11,14,23H,2,5-6,12-13,15-20H2. The molecule has 1 aliphatic carbocycles. The smallest absolute Gasteiger partial charge is 0.227 e. The van der Waals surface area contributed by atoms with Gasteiger partial charge in [0.1, 0.15) is 12.4 Å². The molecule has 2 aliphatic rings. The maximum Gasteiger partial charge on any atom is 0.227 e. The fourth-order valence-corrected chi connectivity index (χ4v) is 4.58. The van der Waals surface area contributed by atoms with Crippen molar-refractivity contribution in [1.82, 2.24) is 9.80 Å². The summed E-state index contributed by atoms with van der Waals surface area (Å²) in [4.78, 5) is 17.6. The van der Waals surface area contributed by atoms with Crippen LogP contribution in [-0.2, 0) is 17.8 Å². The molecule has 2 aromatic rings. The summed E-state index contributed by atoms with van der Waals surface area (Å²) in [6.45, 7) is 4.25. The molecule has 154 valence electrons. The maximum absolute atomic E-state index is 12.9. The lowest BCUT2D eigenvalue weighted by atomic mass is 9.94. The van der Waals surface area contributed by atoms with Crippen LogP contribution in [0.2, 0.25) is 0 Å². The molecule has 1 amide bonds. The second kappa shape index (κ2) is 9.93. The molecule has 29 heavy (non-hydrogen) atoms. The Kier molecular flexibility index (Phi) is 6.83. The molecule has 1 saturated heterocycles. The fraction of sp³-hybridized carbons (Fsp3) is 0.480. The van der Waals surface area contributed by atoms with Gasteiger partial charge in [-0.05, 0) is 24.5 Å². The summed E-state index contributed by atoms with van der Waals surface area (Å²) in [6.07, 6.45) is 7.20. The number of piperazine rings is 1. The van der Waals surface area contributed by atoms with Crippen molar-refractivity contribution in [2.75, 3.05) is 26.2 Å². The van der Waals surface area contributed by atoms with Gasteiger partial charge in [0.05, 0.1) is 6.42 Å². The Morgan fingerprint density at radius 3 is 2.31 bits per heavy atom. The van der Waals surface area contributed by atoms with Crippen LogP contribution in [0.25, 0.3) is 0 Å². The number of carbonyl (C=O) groups excluding carboxylic acids is 1. The highest BCUT2D eigenvalue weighted by Gasteiger charge is 2.27. The second-order valence-electron chi connectivity index (χ2n) is 8.27. The van der Waals surface area contributed by atoms with Gasteiger partial charge in [0.25, 0.3) is 0 Å². The number of benzene rings is 2. The van der Waals surface area contributed by atoms with Crippen molar-refractivity contribution in [2.24, 2.45) is 0 Å². The molecule has 4 rings (SSSR count). The van der Waals surface area contributed by atoms with E-state index in [1.165, 1.54) is 32.1 Å². The van der Waals surface area contributed by atoms with E-state index in [1.54, 1.807) is 0 Å². The van der Waals surface area contributed by atoms with Gasteiger partial charge in [0.15, 0.2) is 0 Å². The summed E-state index contributed by atoms with van der Waals surface area (Å²) in [7, 11) is 0. The van der Waals surface area contributed by atoms with Crippen LogP contribution in [0, 0.1) is 0 Å². The van der Waals surface area contributed by atoms with Crippen LogP contribution in [0.15, 0.2) is 54.6 Å². The first-order valence-corrected chi connectivity index (χ1v) is 11.1. The molecule has 0 N–H and O–H groups in total. The van der Waals surface area contributed by atoms with E-state index in [0.29, 0.717) is 13.0 Å². The molecular weight excluding hydrogens is 360 g/mol. The van der Waals surface area contributed by atoms with E-state index in [-0.39, 0.29) is 5.91 Å². The first-order chi connectivity index (χ1) is 14.3. The predicted octanol–water partition coefficient (Wildman–Crippen LogP) is 4.29. The first kappa shape index (κ1) is 20.0. The Morgan fingerprint density at radius 2 is 1.55 bits per heavy atom. The molecule has 0 unspecified atom stereocenters. The molecular formula is C25H32N2O2. The number of ether oxygens (including phenoxy) is 1. The first-order valence-electron chi connectivity index (χ1n) is 11.1. The molecule has 1 aliphatic heterocycles. The number of amides is 1. The zero-order valence-electron chi connectivity index (χ0n) is 17.3. The number of hydrogen-bond acceptors (Lipinski definition) is 3. The third-order valence-corrected chi connectivity index (χ3v) is 6.31. The van der Waals surface area contributed by atoms with Crippen molar-refractivity contribution in [1.29, 1.82) is 0 Å². The molecule has 0 radical (unpaired) electrons. The Hall–Kier alpha value is -2.33. The van der Waals surface area contributed by atoms with Crippen molar-refractivity contribution < 1.29 is 9.53 Å². The number of nitrogens with zero attached hydrogens (tertiary/aromatic N) is 2. The van der Waals surface area contributed by atoms with E-state index in [9.17, 15) is 4.79 Å². The van der Waals surface area contributed by atoms with Gasteiger partial charge < -0.3 is 9.64 Å². The number of carbonyl (C=O) groups is 1. The van der Waals surface area contributed by atoms with Crippen molar-refractivity contribution >= 4 is 5.91 Å². The summed E-state index contributed by atoms with van der Waals surface area (Å²) >= 11 is 0. The minimum atomic E-state index is 0.212. The monoisotopic (exact) mass is 392 g/mol. The lowest BCUT2D eigenvalue weighted by Gasteiger charge is -2.40. The van der Waals surface area contributed by atoms with Crippen LogP contribution in [0.1, 0.15) is 43.2 Å². The van der Waals surface area contributed by atoms with Crippen molar-refractivity contribution in [3.05, 3.63) is 65.7 Å². The zero-order valence-corrected chi connectivity index (χ0v) is 17.3. The summed E-state index contributed by atoms with van der Waals surface area (Å²) in [5.74, 6) is 1.02. The van der Waals surface area contributed by atoms with E-state index in [0.717, 1.165) is 49.1 Å². The van der Waals surface area contributed by atoms with Gasteiger partial charge in [-0.1, -0.05) is 67.8 Å². The lowest BCUT2D eigenvalue weighted by Crippen LogP contribution is -2.52. The van der Waals surface area contributed by atoms with Gasteiger partial charge in [0, 0.05) is 37.8 Å². The molecule has 1 heterocycles. The van der Waals surface area contributed by atoms with Crippen molar-refractivity contribution in [3.8, 4) is 5.75 Å². The zero-order chi connectivity index (χ0) is 19.9. The van der Waals surface area contributed by atoms with Crippen LogP contribution in [0.3, 0.4) is 0 Å². The van der Waals surface area contributed by atoms with Crippen LogP contribution in [0.4, 0.5) is 0 Å². The van der Waals surface area contributed by atoms with Gasteiger partial charge in [-0.2, -0.15) is 0 Å². The Balaban J connectivity index is 1.30. The molecule has 2 aromatic carbocycles. The number of rotatable bonds is 6.